The van der Waals surface area contributed by atoms with Crippen molar-refractivity contribution in [2.45, 2.75) is 32.9 Å². The minimum atomic E-state index is -0.708. The van der Waals surface area contributed by atoms with Gasteiger partial charge in [-0.3, -0.25) is 0 Å². The molecule has 0 fully saturated rings. The fourth-order valence-corrected chi connectivity index (χ4v) is 1.27. The van der Waals surface area contributed by atoms with Crippen LogP contribution >= 0.6 is 0 Å². The normalized spacial score (nSPS) is 15.1. The standard InChI is InChI=1S/C13H20FNO/c1-10(2)13(3,16)9-15-8-11-4-6-12(14)7-5-11/h4-7,10,15-16H,8-9H2,1-3H3. The summed E-state index contributed by atoms with van der Waals surface area (Å²) in [5.74, 6) is -0.0221. The monoisotopic (exact) mass is 225 g/mol. The average Bonchev–Trinajstić information content (AvgIpc) is 2.20. The van der Waals surface area contributed by atoms with Crippen LogP contribution in [0, 0.1) is 11.7 Å². The topological polar surface area (TPSA) is 32.3 Å². The number of halogens is 1. The Morgan fingerprint density at radius 1 is 1.31 bits per heavy atom. The highest BCUT2D eigenvalue weighted by atomic mass is 19.1. The van der Waals surface area contributed by atoms with Crippen LogP contribution in [0.25, 0.3) is 0 Å². The summed E-state index contributed by atoms with van der Waals surface area (Å²) in [5.41, 5.74) is 0.306. The zero-order valence-electron chi connectivity index (χ0n) is 10.1. The fraction of sp³-hybridized carbons (Fsp3) is 0.538. The highest BCUT2D eigenvalue weighted by molar-refractivity contribution is 5.15. The number of nitrogens with one attached hydrogen (secondary N) is 1. The first-order valence-electron chi connectivity index (χ1n) is 5.59. The van der Waals surface area contributed by atoms with Crippen molar-refractivity contribution in [3.63, 3.8) is 0 Å². The summed E-state index contributed by atoms with van der Waals surface area (Å²) < 4.78 is 12.6. The van der Waals surface area contributed by atoms with Crippen LogP contribution in [0.5, 0.6) is 0 Å². The van der Waals surface area contributed by atoms with E-state index in [4.69, 9.17) is 0 Å². The highest BCUT2D eigenvalue weighted by Crippen LogP contribution is 2.14. The van der Waals surface area contributed by atoms with Gasteiger partial charge in [0.05, 0.1) is 5.60 Å². The van der Waals surface area contributed by atoms with Crippen LogP contribution in [-0.4, -0.2) is 17.3 Å². The predicted octanol–water partition coefficient (Wildman–Crippen LogP) is 2.32. The molecule has 1 rings (SSSR count). The van der Waals surface area contributed by atoms with Crippen molar-refractivity contribution in [1.29, 1.82) is 0 Å². The van der Waals surface area contributed by atoms with Crippen LogP contribution < -0.4 is 5.32 Å². The Labute approximate surface area is 96.5 Å². The van der Waals surface area contributed by atoms with Gasteiger partial charge in [-0.05, 0) is 30.5 Å². The van der Waals surface area contributed by atoms with E-state index in [1.807, 2.05) is 20.8 Å². The Morgan fingerprint density at radius 2 is 1.88 bits per heavy atom. The van der Waals surface area contributed by atoms with Gasteiger partial charge in [0.25, 0.3) is 0 Å². The van der Waals surface area contributed by atoms with Crippen LogP contribution in [0.3, 0.4) is 0 Å². The lowest BCUT2D eigenvalue weighted by Gasteiger charge is -2.28. The molecule has 1 atom stereocenters. The number of hydrogen-bond donors (Lipinski definition) is 2. The molecule has 1 unspecified atom stereocenters. The second kappa shape index (κ2) is 5.41. The number of benzene rings is 1. The molecule has 2 N–H and O–H groups in total. The first-order chi connectivity index (χ1) is 7.42. The molecule has 0 saturated heterocycles. The third-order valence-electron chi connectivity index (χ3n) is 2.97. The minimum Gasteiger partial charge on any atom is -0.389 e. The van der Waals surface area contributed by atoms with Crippen molar-refractivity contribution in [3.05, 3.63) is 35.6 Å². The van der Waals surface area contributed by atoms with Crippen molar-refractivity contribution in [3.8, 4) is 0 Å². The lowest BCUT2D eigenvalue weighted by molar-refractivity contribution is 0.0140. The van der Waals surface area contributed by atoms with Gasteiger partial charge in [-0.15, -0.1) is 0 Å². The van der Waals surface area contributed by atoms with E-state index < -0.39 is 5.60 Å². The second-order valence-electron chi connectivity index (χ2n) is 4.74. The third kappa shape index (κ3) is 3.91. The van der Waals surface area contributed by atoms with E-state index in [9.17, 15) is 9.50 Å². The van der Waals surface area contributed by atoms with Gasteiger partial charge in [0.2, 0.25) is 0 Å². The van der Waals surface area contributed by atoms with Crippen LogP contribution in [0.4, 0.5) is 4.39 Å². The molecule has 0 bridgehead atoms. The van der Waals surface area contributed by atoms with E-state index in [0.717, 1.165) is 5.56 Å². The second-order valence-corrected chi connectivity index (χ2v) is 4.74. The van der Waals surface area contributed by atoms with Gasteiger partial charge in [0.1, 0.15) is 5.82 Å². The van der Waals surface area contributed by atoms with Crippen molar-refractivity contribution >= 4 is 0 Å². The molecule has 0 aliphatic carbocycles. The van der Waals surface area contributed by atoms with E-state index in [0.29, 0.717) is 13.1 Å². The SMILES string of the molecule is CC(C)C(C)(O)CNCc1ccc(F)cc1. The zero-order valence-corrected chi connectivity index (χ0v) is 10.1. The lowest BCUT2D eigenvalue weighted by atomic mass is 9.92. The predicted molar refractivity (Wildman–Crippen MR) is 63.6 cm³/mol. The molecule has 0 aromatic heterocycles. The van der Waals surface area contributed by atoms with Gasteiger partial charge >= 0.3 is 0 Å². The Morgan fingerprint density at radius 3 is 2.38 bits per heavy atom. The minimum absolute atomic E-state index is 0.202. The fourth-order valence-electron chi connectivity index (χ4n) is 1.27. The molecular weight excluding hydrogens is 205 g/mol. The molecule has 0 amide bonds. The maximum absolute atomic E-state index is 12.6. The average molecular weight is 225 g/mol. The first-order valence-corrected chi connectivity index (χ1v) is 5.59. The van der Waals surface area contributed by atoms with Crippen molar-refractivity contribution in [2.24, 2.45) is 5.92 Å². The zero-order chi connectivity index (χ0) is 12.2. The summed E-state index contributed by atoms with van der Waals surface area (Å²) in [6.45, 7) is 6.96. The Bertz CT molecular complexity index is 319. The largest absolute Gasteiger partial charge is 0.389 e. The summed E-state index contributed by atoms with van der Waals surface area (Å²) in [7, 11) is 0. The Hall–Kier alpha value is -0.930. The van der Waals surface area contributed by atoms with Gasteiger partial charge in [-0.2, -0.15) is 0 Å². The van der Waals surface area contributed by atoms with Gasteiger partial charge < -0.3 is 10.4 Å². The van der Waals surface area contributed by atoms with Crippen LogP contribution in [0.1, 0.15) is 26.3 Å². The van der Waals surface area contributed by atoms with Crippen LogP contribution in [0.2, 0.25) is 0 Å². The molecule has 2 nitrogen and oxygen atoms in total. The molecule has 0 heterocycles. The van der Waals surface area contributed by atoms with Crippen molar-refractivity contribution in [2.75, 3.05) is 6.54 Å². The molecule has 16 heavy (non-hydrogen) atoms. The third-order valence-corrected chi connectivity index (χ3v) is 2.97. The summed E-state index contributed by atoms with van der Waals surface area (Å²) >= 11 is 0. The van der Waals surface area contributed by atoms with Gasteiger partial charge in [0.15, 0.2) is 0 Å². The summed E-state index contributed by atoms with van der Waals surface area (Å²) in [4.78, 5) is 0. The Kier molecular flexibility index (Phi) is 4.44. The Balaban J connectivity index is 2.39. The summed E-state index contributed by atoms with van der Waals surface area (Å²) in [6.07, 6.45) is 0. The molecule has 1 aromatic carbocycles. The van der Waals surface area contributed by atoms with Gasteiger partial charge in [0, 0.05) is 13.1 Å². The first kappa shape index (κ1) is 13.1. The summed E-state index contributed by atoms with van der Waals surface area (Å²) in [6, 6.07) is 6.37. The molecule has 1 aromatic rings. The lowest BCUT2D eigenvalue weighted by Crippen LogP contribution is -2.41. The number of hydrogen-bond acceptors (Lipinski definition) is 2. The van der Waals surface area contributed by atoms with Gasteiger partial charge in [-0.25, -0.2) is 4.39 Å². The van der Waals surface area contributed by atoms with E-state index in [1.165, 1.54) is 12.1 Å². The van der Waals surface area contributed by atoms with Gasteiger partial charge in [-0.1, -0.05) is 26.0 Å². The molecule has 0 radical (unpaired) electrons. The van der Waals surface area contributed by atoms with Crippen LogP contribution in [0.15, 0.2) is 24.3 Å². The smallest absolute Gasteiger partial charge is 0.123 e. The van der Waals surface area contributed by atoms with Crippen LogP contribution in [-0.2, 0) is 6.54 Å². The van der Waals surface area contributed by atoms with E-state index >= 15 is 0 Å². The molecule has 3 heteroatoms. The maximum atomic E-state index is 12.6. The molecule has 0 aliphatic heterocycles. The summed E-state index contributed by atoms with van der Waals surface area (Å²) in [5, 5.41) is 13.2. The molecular formula is C13H20FNO. The highest BCUT2D eigenvalue weighted by Gasteiger charge is 2.23. The molecule has 0 spiro atoms. The number of rotatable bonds is 5. The van der Waals surface area contributed by atoms with E-state index in [2.05, 4.69) is 5.32 Å². The maximum Gasteiger partial charge on any atom is 0.123 e. The van der Waals surface area contributed by atoms with E-state index in [-0.39, 0.29) is 11.7 Å². The van der Waals surface area contributed by atoms with Crippen molar-refractivity contribution < 1.29 is 9.50 Å². The molecule has 0 aliphatic rings. The quantitative estimate of drug-likeness (QED) is 0.806. The molecule has 0 saturated carbocycles. The number of aliphatic hydroxyl groups is 1. The molecule has 90 valence electrons. The van der Waals surface area contributed by atoms with E-state index in [1.54, 1.807) is 12.1 Å². The van der Waals surface area contributed by atoms with Crippen molar-refractivity contribution in [1.82, 2.24) is 5.32 Å².